The lowest BCUT2D eigenvalue weighted by molar-refractivity contribution is -0.123. The van der Waals surface area contributed by atoms with E-state index in [0.29, 0.717) is 5.75 Å². The topological polar surface area (TPSA) is 61.9 Å². The van der Waals surface area contributed by atoms with Gasteiger partial charge in [0.25, 0.3) is 5.91 Å². The molecule has 6 heteroatoms. The van der Waals surface area contributed by atoms with E-state index >= 15 is 0 Å². The van der Waals surface area contributed by atoms with E-state index in [2.05, 4.69) is 44.0 Å². The number of nitrogens with zero attached hydrogens (tertiary/aromatic N) is 2. The number of rotatable bonds is 5. The SMILES string of the molecule is CCN1c2cc(OC)c(/C=C3/NC(=O)N(Cc4ccc(C)cc4)C3=O)cc2C(C)=CC1(C)C. The summed E-state index contributed by atoms with van der Waals surface area (Å²) in [6, 6.07) is 11.4. The number of likely N-dealkylation sites (N-methyl/N-ethyl adjacent to an activating group) is 1. The third-order valence-electron chi connectivity index (χ3n) is 6.37. The van der Waals surface area contributed by atoms with Crippen molar-refractivity contribution in [2.45, 2.75) is 46.7 Å². The van der Waals surface area contributed by atoms with Crippen molar-refractivity contribution < 1.29 is 14.3 Å². The molecule has 2 aliphatic heterocycles. The van der Waals surface area contributed by atoms with Gasteiger partial charge in [0, 0.05) is 29.4 Å². The van der Waals surface area contributed by atoms with Crippen LogP contribution in [0.5, 0.6) is 5.75 Å². The van der Waals surface area contributed by atoms with Crippen molar-refractivity contribution in [3.05, 3.63) is 70.4 Å². The van der Waals surface area contributed by atoms with Gasteiger partial charge in [0.15, 0.2) is 0 Å². The van der Waals surface area contributed by atoms with E-state index in [-0.39, 0.29) is 23.7 Å². The van der Waals surface area contributed by atoms with E-state index in [1.54, 1.807) is 13.2 Å². The number of allylic oxidation sites excluding steroid dienone is 1. The van der Waals surface area contributed by atoms with Crippen LogP contribution in [-0.4, -0.2) is 36.0 Å². The van der Waals surface area contributed by atoms with Crippen LogP contribution in [0.1, 0.15) is 49.9 Å². The van der Waals surface area contributed by atoms with E-state index < -0.39 is 6.03 Å². The molecule has 33 heavy (non-hydrogen) atoms. The summed E-state index contributed by atoms with van der Waals surface area (Å²) >= 11 is 0. The van der Waals surface area contributed by atoms with E-state index in [0.717, 1.165) is 34.5 Å². The monoisotopic (exact) mass is 445 g/mol. The Bertz CT molecular complexity index is 1180. The molecule has 0 aliphatic carbocycles. The van der Waals surface area contributed by atoms with Crippen LogP contribution in [0, 0.1) is 6.92 Å². The molecule has 1 fully saturated rings. The fourth-order valence-electron chi connectivity index (χ4n) is 4.74. The van der Waals surface area contributed by atoms with Crippen LogP contribution in [0.3, 0.4) is 0 Å². The fraction of sp³-hybridized carbons (Fsp3) is 0.333. The van der Waals surface area contributed by atoms with Crippen LogP contribution in [0.25, 0.3) is 11.6 Å². The molecule has 2 aliphatic rings. The van der Waals surface area contributed by atoms with Crippen LogP contribution in [0.4, 0.5) is 10.5 Å². The second-order valence-corrected chi connectivity index (χ2v) is 9.20. The number of carbonyl (C=O) groups is 2. The zero-order chi connectivity index (χ0) is 23.9. The standard InChI is InChI=1S/C27H31N3O3/c1-7-30-23-14-24(33-6)20(12-21(23)18(3)15-27(30,4)5)13-22-25(31)29(26(32)28-22)16-19-10-8-17(2)9-11-19/h8-15H,7,16H2,1-6H3,(H,28,32)/b22-13+. The predicted molar refractivity (Wildman–Crippen MR) is 132 cm³/mol. The molecule has 1 saturated heterocycles. The minimum absolute atomic E-state index is 0.108. The number of aryl methyl sites for hydroxylation is 1. The molecular weight excluding hydrogens is 414 g/mol. The number of hydrogen-bond acceptors (Lipinski definition) is 4. The summed E-state index contributed by atoms with van der Waals surface area (Å²) in [4.78, 5) is 29.2. The molecule has 2 aromatic carbocycles. The zero-order valence-electron chi connectivity index (χ0n) is 20.2. The fourth-order valence-corrected chi connectivity index (χ4v) is 4.74. The normalized spacial score (nSPS) is 18.4. The highest BCUT2D eigenvalue weighted by atomic mass is 16.5. The van der Waals surface area contributed by atoms with Crippen molar-refractivity contribution >= 4 is 29.3 Å². The van der Waals surface area contributed by atoms with Gasteiger partial charge < -0.3 is 15.0 Å². The van der Waals surface area contributed by atoms with Crippen molar-refractivity contribution in [2.75, 3.05) is 18.6 Å². The zero-order valence-corrected chi connectivity index (χ0v) is 20.2. The Labute approximate surface area is 195 Å². The Kier molecular flexibility index (Phi) is 5.78. The van der Waals surface area contributed by atoms with Gasteiger partial charge in [-0.2, -0.15) is 0 Å². The van der Waals surface area contributed by atoms with Crippen molar-refractivity contribution in [1.29, 1.82) is 0 Å². The number of amides is 3. The minimum Gasteiger partial charge on any atom is -0.496 e. The number of hydrogen-bond donors (Lipinski definition) is 1. The summed E-state index contributed by atoms with van der Waals surface area (Å²) in [6.45, 7) is 11.7. The minimum atomic E-state index is -0.418. The van der Waals surface area contributed by atoms with Crippen LogP contribution < -0.4 is 15.0 Å². The molecule has 6 nitrogen and oxygen atoms in total. The molecule has 2 aromatic rings. The summed E-state index contributed by atoms with van der Waals surface area (Å²) in [6.07, 6.45) is 3.96. The maximum atomic E-state index is 13.0. The maximum Gasteiger partial charge on any atom is 0.329 e. The number of imide groups is 1. The van der Waals surface area contributed by atoms with E-state index in [9.17, 15) is 9.59 Å². The van der Waals surface area contributed by atoms with Gasteiger partial charge in [0.05, 0.1) is 19.2 Å². The maximum absolute atomic E-state index is 13.0. The first-order chi connectivity index (χ1) is 15.6. The van der Waals surface area contributed by atoms with E-state index in [1.165, 1.54) is 10.5 Å². The van der Waals surface area contributed by atoms with Crippen LogP contribution in [-0.2, 0) is 11.3 Å². The Balaban J connectivity index is 1.69. The van der Waals surface area contributed by atoms with Crippen LogP contribution >= 0.6 is 0 Å². The number of fused-ring (bicyclic) bond motifs is 1. The van der Waals surface area contributed by atoms with Gasteiger partial charge in [-0.25, -0.2) is 4.79 Å². The van der Waals surface area contributed by atoms with Crippen molar-refractivity contribution in [3.8, 4) is 5.75 Å². The molecule has 4 rings (SSSR count). The molecule has 2 heterocycles. The third kappa shape index (κ3) is 4.13. The number of anilines is 1. The van der Waals surface area contributed by atoms with Gasteiger partial charge in [-0.1, -0.05) is 35.9 Å². The van der Waals surface area contributed by atoms with Gasteiger partial charge in [-0.05, 0) is 57.9 Å². The highest BCUT2D eigenvalue weighted by Gasteiger charge is 2.35. The van der Waals surface area contributed by atoms with Gasteiger partial charge >= 0.3 is 6.03 Å². The smallest absolute Gasteiger partial charge is 0.329 e. The Morgan fingerprint density at radius 1 is 1.09 bits per heavy atom. The number of urea groups is 1. The second-order valence-electron chi connectivity index (χ2n) is 9.20. The van der Waals surface area contributed by atoms with Crippen molar-refractivity contribution in [2.24, 2.45) is 0 Å². The molecule has 0 aromatic heterocycles. The first-order valence-electron chi connectivity index (χ1n) is 11.2. The molecule has 0 unspecified atom stereocenters. The van der Waals surface area contributed by atoms with Crippen LogP contribution in [0.2, 0.25) is 0 Å². The number of ether oxygens (including phenoxy) is 1. The van der Waals surface area contributed by atoms with Gasteiger partial charge in [-0.3, -0.25) is 9.69 Å². The lowest BCUT2D eigenvalue weighted by Crippen LogP contribution is -2.44. The molecule has 1 N–H and O–H groups in total. The van der Waals surface area contributed by atoms with E-state index in [1.807, 2.05) is 43.3 Å². The number of methoxy groups -OCH3 is 1. The summed E-state index contributed by atoms with van der Waals surface area (Å²) in [5.74, 6) is 0.313. The molecule has 0 saturated carbocycles. The predicted octanol–water partition coefficient (Wildman–Crippen LogP) is 5.12. The molecule has 0 radical (unpaired) electrons. The van der Waals surface area contributed by atoms with Gasteiger partial charge in [0.1, 0.15) is 11.4 Å². The Hall–Kier alpha value is -3.54. The number of benzene rings is 2. The average Bonchev–Trinajstić information content (AvgIpc) is 3.02. The summed E-state index contributed by atoms with van der Waals surface area (Å²) in [5, 5.41) is 2.73. The molecule has 0 atom stereocenters. The van der Waals surface area contributed by atoms with Crippen molar-refractivity contribution in [3.63, 3.8) is 0 Å². The van der Waals surface area contributed by atoms with Gasteiger partial charge in [-0.15, -0.1) is 0 Å². The van der Waals surface area contributed by atoms with Crippen LogP contribution in [0.15, 0.2) is 48.2 Å². The molecular formula is C27H31N3O3. The van der Waals surface area contributed by atoms with Gasteiger partial charge in [0.2, 0.25) is 0 Å². The van der Waals surface area contributed by atoms with E-state index in [4.69, 9.17) is 4.74 Å². The van der Waals surface area contributed by atoms with Crippen molar-refractivity contribution in [1.82, 2.24) is 10.2 Å². The first-order valence-corrected chi connectivity index (χ1v) is 11.2. The Morgan fingerprint density at radius 2 is 1.79 bits per heavy atom. The second kappa shape index (κ2) is 8.43. The molecule has 3 amide bonds. The first kappa shape index (κ1) is 22.6. The summed E-state index contributed by atoms with van der Waals surface area (Å²) in [7, 11) is 1.62. The lowest BCUT2D eigenvalue weighted by Gasteiger charge is -2.43. The number of carbonyl (C=O) groups excluding carboxylic acids is 2. The Morgan fingerprint density at radius 3 is 2.42 bits per heavy atom. The quantitative estimate of drug-likeness (QED) is 0.513. The average molecular weight is 446 g/mol. The number of nitrogens with one attached hydrogen (secondary N) is 1. The lowest BCUT2D eigenvalue weighted by atomic mass is 9.87. The molecule has 172 valence electrons. The molecule has 0 bridgehead atoms. The summed E-state index contributed by atoms with van der Waals surface area (Å²) < 4.78 is 5.69. The largest absolute Gasteiger partial charge is 0.496 e. The highest BCUT2D eigenvalue weighted by molar-refractivity contribution is 6.14. The summed E-state index contributed by atoms with van der Waals surface area (Å²) in [5.41, 5.74) is 6.29. The third-order valence-corrected chi connectivity index (χ3v) is 6.37. The molecule has 0 spiro atoms. The highest BCUT2D eigenvalue weighted by Crippen LogP contribution is 2.42.